The lowest BCUT2D eigenvalue weighted by atomic mass is 9.96. The van der Waals surface area contributed by atoms with E-state index in [9.17, 15) is 9.59 Å². The number of rotatable bonds is 5. The van der Waals surface area contributed by atoms with Crippen LogP contribution >= 0.6 is 0 Å². The number of anilines is 1. The summed E-state index contributed by atoms with van der Waals surface area (Å²) in [5, 5.41) is 5.68. The SMILES string of the molecule is CC(C)(C)C(=O)NCCCC(=O)Nc1ccc2c(c1)OCCCO2. The van der Waals surface area contributed by atoms with Crippen LogP contribution in [0.25, 0.3) is 0 Å². The number of hydrogen-bond donors (Lipinski definition) is 2. The van der Waals surface area contributed by atoms with Gasteiger partial charge in [-0.15, -0.1) is 0 Å². The molecule has 132 valence electrons. The Labute approximate surface area is 142 Å². The maximum atomic E-state index is 12.0. The Kier molecular flexibility index (Phi) is 6.06. The van der Waals surface area contributed by atoms with Crippen LogP contribution in [0, 0.1) is 5.41 Å². The third-order valence-electron chi connectivity index (χ3n) is 3.58. The van der Waals surface area contributed by atoms with Gasteiger partial charge in [-0.2, -0.15) is 0 Å². The number of carbonyl (C=O) groups excluding carboxylic acids is 2. The van der Waals surface area contributed by atoms with Gasteiger partial charge in [-0.05, 0) is 18.6 Å². The quantitative estimate of drug-likeness (QED) is 0.812. The Bertz CT molecular complexity index is 593. The molecule has 2 rings (SSSR count). The minimum atomic E-state index is -0.411. The second kappa shape index (κ2) is 8.04. The Morgan fingerprint density at radius 1 is 1.12 bits per heavy atom. The van der Waals surface area contributed by atoms with E-state index in [1.54, 1.807) is 18.2 Å². The zero-order valence-electron chi connectivity index (χ0n) is 14.6. The molecule has 0 aromatic heterocycles. The van der Waals surface area contributed by atoms with Crippen molar-refractivity contribution in [3.63, 3.8) is 0 Å². The fraction of sp³-hybridized carbons (Fsp3) is 0.556. The smallest absolute Gasteiger partial charge is 0.225 e. The van der Waals surface area contributed by atoms with Crippen LogP contribution in [-0.4, -0.2) is 31.6 Å². The van der Waals surface area contributed by atoms with Crippen LogP contribution in [0.5, 0.6) is 11.5 Å². The summed E-state index contributed by atoms with van der Waals surface area (Å²) < 4.78 is 11.2. The zero-order chi connectivity index (χ0) is 17.6. The van der Waals surface area contributed by atoms with E-state index in [4.69, 9.17) is 9.47 Å². The molecule has 0 radical (unpaired) electrons. The first-order valence-electron chi connectivity index (χ1n) is 8.34. The largest absolute Gasteiger partial charge is 0.490 e. The topological polar surface area (TPSA) is 76.7 Å². The number of carbonyl (C=O) groups is 2. The van der Waals surface area contributed by atoms with Crippen LogP contribution in [0.2, 0.25) is 0 Å². The molecule has 2 N–H and O–H groups in total. The number of benzene rings is 1. The highest BCUT2D eigenvalue weighted by molar-refractivity contribution is 5.91. The summed E-state index contributed by atoms with van der Waals surface area (Å²) in [4.78, 5) is 23.7. The van der Waals surface area contributed by atoms with E-state index < -0.39 is 5.41 Å². The van der Waals surface area contributed by atoms with Crippen LogP contribution in [0.3, 0.4) is 0 Å². The molecule has 1 aromatic carbocycles. The first-order chi connectivity index (χ1) is 11.4. The molecule has 0 bridgehead atoms. The Morgan fingerprint density at radius 3 is 2.54 bits per heavy atom. The molecule has 1 heterocycles. The summed E-state index contributed by atoms with van der Waals surface area (Å²) in [6, 6.07) is 5.38. The van der Waals surface area contributed by atoms with Crippen molar-refractivity contribution in [3.05, 3.63) is 18.2 Å². The van der Waals surface area contributed by atoms with Crippen molar-refractivity contribution in [1.29, 1.82) is 0 Å². The van der Waals surface area contributed by atoms with E-state index >= 15 is 0 Å². The van der Waals surface area contributed by atoms with Crippen molar-refractivity contribution in [2.45, 2.75) is 40.0 Å². The van der Waals surface area contributed by atoms with Crippen molar-refractivity contribution in [2.24, 2.45) is 5.41 Å². The van der Waals surface area contributed by atoms with Gasteiger partial charge in [-0.1, -0.05) is 20.8 Å². The van der Waals surface area contributed by atoms with Gasteiger partial charge >= 0.3 is 0 Å². The number of nitrogens with one attached hydrogen (secondary N) is 2. The average molecular weight is 334 g/mol. The van der Waals surface area contributed by atoms with E-state index in [-0.39, 0.29) is 11.8 Å². The minimum absolute atomic E-state index is 0.00851. The van der Waals surface area contributed by atoms with Crippen molar-refractivity contribution < 1.29 is 19.1 Å². The third-order valence-corrected chi connectivity index (χ3v) is 3.58. The van der Waals surface area contributed by atoms with Crippen LogP contribution in [0.15, 0.2) is 18.2 Å². The number of ether oxygens (including phenoxy) is 2. The van der Waals surface area contributed by atoms with Crippen molar-refractivity contribution in [2.75, 3.05) is 25.1 Å². The molecule has 0 atom stereocenters. The number of amides is 2. The predicted octanol–water partition coefficient (Wildman–Crippen LogP) is 2.73. The van der Waals surface area contributed by atoms with E-state index in [1.165, 1.54) is 0 Å². The first kappa shape index (κ1) is 18.1. The molecule has 1 aliphatic rings. The van der Waals surface area contributed by atoms with Crippen LogP contribution in [0.4, 0.5) is 5.69 Å². The predicted molar refractivity (Wildman–Crippen MR) is 92.4 cm³/mol. The standard InChI is InChI=1S/C18H26N2O4/c1-18(2,3)17(22)19-9-4-6-16(21)20-13-7-8-14-15(12-13)24-11-5-10-23-14/h7-8,12H,4-6,9-11H2,1-3H3,(H,19,22)(H,20,21). The average Bonchev–Trinajstić information content (AvgIpc) is 2.75. The Morgan fingerprint density at radius 2 is 1.83 bits per heavy atom. The van der Waals surface area contributed by atoms with Crippen LogP contribution < -0.4 is 20.1 Å². The molecule has 24 heavy (non-hydrogen) atoms. The molecule has 0 aliphatic carbocycles. The minimum Gasteiger partial charge on any atom is -0.490 e. The summed E-state index contributed by atoms with van der Waals surface area (Å²) in [6.07, 6.45) is 1.79. The molecule has 0 fully saturated rings. The summed E-state index contributed by atoms with van der Waals surface area (Å²) in [6.45, 7) is 7.32. The fourth-order valence-electron chi connectivity index (χ4n) is 2.18. The molecule has 2 amide bonds. The monoisotopic (exact) mass is 334 g/mol. The third kappa shape index (κ3) is 5.44. The summed E-state index contributed by atoms with van der Waals surface area (Å²) >= 11 is 0. The van der Waals surface area contributed by atoms with Crippen LogP contribution in [0.1, 0.15) is 40.0 Å². The molecule has 1 aliphatic heterocycles. The maximum absolute atomic E-state index is 12.0. The molecular weight excluding hydrogens is 308 g/mol. The maximum Gasteiger partial charge on any atom is 0.225 e. The van der Waals surface area contributed by atoms with Gasteiger partial charge in [0.05, 0.1) is 13.2 Å². The van der Waals surface area contributed by atoms with Crippen LogP contribution in [-0.2, 0) is 9.59 Å². The second-order valence-electron chi connectivity index (χ2n) is 6.87. The molecule has 0 unspecified atom stereocenters. The molecule has 0 saturated carbocycles. The summed E-state index contributed by atoms with van der Waals surface area (Å²) in [5.41, 5.74) is 0.273. The summed E-state index contributed by atoms with van der Waals surface area (Å²) in [5.74, 6) is 1.26. The van der Waals surface area contributed by atoms with E-state index in [2.05, 4.69) is 10.6 Å². The zero-order valence-corrected chi connectivity index (χ0v) is 14.6. The van der Waals surface area contributed by atoms with Gasteiger partial charge in [0.15, 0.2) is 11.5 Å². The van der Waals surface area contributed by atoms with Gasteiger partial charge in [0.2, 0.25) is 11.8 Å². The first-order valence-corrected chi connectivity index (χ1v) is 8.34. The molecular formula is C18H26N2O4. The van der Waals surface area contributed by atoms with E-state index in [0.717, 1.165) is 6.42 Å². The number of fused-ring (bicyclic) bond motifs is 1. The highest BCUT2D eigenvalue weighted by atomic mass is 16.5. The Balaban J connectivity index is 1.76. The van der Waals surface area contributed by atoms with Crippen molar-refractivity contribution in [3.8, 4) is 11.5 Å². The van der Waals surface area contributed by atoms with Gasteiger partial charge in [-0.25, -0.2) is 0 Å². The van der Waals surface area contributed by atoms with Gasteiger partial charge < -0.3 is 20.1 Å². The van der Waals surface area contributed by atoms with E-state index in [1.807, 2.05) is 20.8 Å². The lowest BCUT2D eigenvalue weighted by Crippen LogP contribution is -2.35. The summed E-state index contributed by atoms with van der Waals surface area (Å²) in [7, 11) is 0. The van der Waals surface area contributed by atoms with Gasteiger partial charge in [-0.3, -0.25) is 9.59 Å². The molecule has 6 heteroatoms. The molecule has 6 nitrogen and oxygen atoms in total. The second-order valence-corrected chi connectivity index (χ2v) is 6.87. The molecule has 0 saturated heterocycles. The highest BCUT2D eigenvalue weighted by Crippen LogP contribution is 2.32. The Hall–Kier alpha value is -2.24. The lowest BCUT2D eigenvalue weighted by Gasteiger charge is -2.17. The number of hydrogen-bond acceptors (Lipinski definition) is 4. The van der Waals surface area contributed by atoms with Crippen molar-refractivity contribution in [1.82, 2.24) is 5.32 Å². The van der Waals surface area contributed by atoms with Gasteiger partial charge in [0, 0.05) is 36.6 Å². The fourth-order valence-corrected chi connectivity index (χ4v) is 2.18. The molecule has 1 aromatic rings. The van der Waals surface area contributed by atoms with Gasteiger partial charge in [0.25, 0.3) is 0 Å². The van der Waals surface area contributed by atoms with Gasteiger partial charge in [0.1, 0.15) is 0 Å². The normalized spacial score (nSPS) is 13.8. The molecule has 0 spiro atoms. The van der Waals surface area contributed by atoms with E-state index in [0.29, 0.717) is 49.8 Å². The highest BCUT2D eigenvalue weighted by Gasteiger charge is 2.20. The lowest BCUT2D eigenvalue weighted by molar-refractivity contribution is -0.128. The van der Waals surface area contributed by atoms with Crippen molar-refractivity contribution >= 4 is 17.5 Å².